The fourth-order valence-electron chi connectivity index (χ4n) is 2.05. The third kappa shape index (κ3) is 3.86. The zero-order valence-electron chi connectivity index (χ0n) is 13.4. The lowest BCUT2D eigenvalue weighted by Gasteiger charge is -2.11. The summed E-state index contributed by atoms with van der Waals surface area (Å²) in [6.45, 7) is 0. The molecule has 2 aromatic heterocycles. The summed E-state index contributed by atoms with van der Waals surface area (Å²) in [5.74, 6) is -0.583. The van der Waals surface area contributed by atoms with E-state index < -0.39 is 11.8 Å². The topological polar surface area (TPSA) is 114 Å². The van der Waals surface area contributed by atoms with Crippen LogP contribution in [-0.2, 0) is 4.79 Å². The first-order valence-corrected chi connectivity index (χ1v) is 7.12. The number of likely N-dealkylation sites (N-methyl/N-ethyl adjacent to an activating group) is 1. The molecule has 0 saturated heterocycles. The van der Waals surface area contributed by atoms with Crippen molar-refractivity contribution in [3.8, 4) is 5.82 Å². The van der Waals surface area contributed by atoms with Crippen molar-refractivity contribution in [3.05, 3.63) is 59.8 Å². The van der Waals surface area contributed by atoms with Gasteiger partial charge < -0.3 is 20.9 Å². The van der Waals surface area contributed by atoms with Crippen molar-refractivity contribution in [2.45, 2.75) is 0 Å². The molecule has 0 spiro atoms. The fourth-order valence-corrected chi connectivity index (χ4v) is 2.05. The largest absolute Gasteiger partial charge is 0.382 e. The molecular weight excluding hydrogens is 308 g/mol. The number of nitrogens with zero attached hydrogens (tertiary/aromatic N) is 3. The van der Waals surface area contributed by atoms with Crippen LogP contribution in [0.1, 0.15) is 10.5 Å². The first-order chi connectivity index (χ1) is 11.6. The molecule has 2 amide bonds. The maximum absolute atomic E-state index is 12.4. The van der Waals surface area contributed by atoms with Crippen LogP contribution >= 0.6 is 0 Å². The highest BCUT2D eigenvalue weighted by atomic mass is 16.2. The van der Waals surface area contributed by atoms with Gasteiger partial charge >= 0.3 is 0 Å². The van der Waals surface area contributed by atoms with Gasteiger partial charge in [-0.05, 0) is 24.3 Å². The molecule has 124 valence electrons. The van der Waals surface area contributed by atoms with Crippen LogP contribution in [0.5, 0.6) is 0 Å². The van der Waals surface area contributed by atoms with Crippen molar-refractivity contribution >= 4 is 18.0 Å². The highest BCUT2D eigenvalue weighted by Gasteiger charge is 2.15. The molecule has 0 radical (unpaired) electrons. The zero-order valence-corrected chi connectivity index (χ0v) is 13.4. The highest BCUT2D eigenvalue weighted by molar-refractivity contribution is 6.03. The van der Waals surface area contributed by atoms with E-state index in [2.05, 4.69) is 20.6 Å². The smallest absolute Gasteiger partial charge is 0.274 e. The van der Waals surface area contributed by atoms with Crippen LogP contribution in [0.15, 0.2) is 59.1 Å². The number of primary amides is 1. The predicted octanol–water partition coefficient (Wildman–Crippen LogP) is 0.219. The third-order valence-corrected chi connectivity index (χ3v) is 3.11. The molecule has 0 aromatic carbocycles. The Kier molecular flexibility index (Phi) is 5.45. The second kappa shape index (κ2) is 7.73. The predicted molar refractivity (Wildman–Crippen MR) is 90.7 cm³/mol. The fraction of sp³-hybridized carbons (Fsp3) is 0.125. The molecule has 0 aliphatic carbocycles. The molecule has 4 N–H and O–H groups in total. The monoisotopic (exact) mass is 326 g/mol. The number of aliphatic imine (C=N–C) groups is 1. The Bertz CT molecular complexity index is 793. The summed E-state index contributed by atoms with van der Waals surface area (Å²) in [7, 11) is 3.05. The first kappa shape index (κ1) is 16.9. The van der Waals surface area contributed by atoms with E-state index in [1.165, 1.54) is 20.3 Å². The molecule has 0 aliphatic rings. The molecule has 0 unspecified atom stereocenters. The van der Waals surface area contributed by atoms with Crippen LogP contribution in [0, 0.1) is 0 Å². The maximum Gasteiger partial charge on any atom is 0.274 e. The average molecular weight is 326 g/mol. The van der Waals surface area contributed by atoms with E-state index in [1.807, 2.05) is 24.5 Å². The quantitative estimate of drug-likeness (QED) is 0.520. The maximum atomic E-state index is 12.4. The Morgan fingerprint density at radius 1 is 1.25 bits per heavy atom. The van der Waals surface area contributed by atoms with E-state index in [0.29, 0.717) is 5.82 Å². The summed E-state index contributed by atoms with van der Waals surface area (Å²) in [5.41, 5.74) is 5.71. The zero-order chi connectivity index (χ0) is 17.5. The summed E-state index contributed by atoms with van der Waals surface area (Å²) in [6, 6.07) is 8.80. The number of carbonyl (C=O) groups is 2. The molecule has 0 saturated carbocycles. The summed E-state index contributed by atoms with van der Waals surface area (Å²) >= 11 is 0. The van der Waals surface area contributed by atoms with Crippen LogP contribution in [0.25, 0.3) is 5.82 Å². The number of pyridine rings is 1. The number of aromatic nitrogens is 2. The summed E-state index contributed by atoms with van der Waals surface area (Å²) in [6.07, 6.45) is 4.99. The number of carbonyl (C=O) groups excluding carboxylic acids is 2. The second-order valence-corrected chi connectivity index (χ2v) is 4.72. The van der Waals surface area contributed by atoms with E-state index in [-0.39, 0.29) is 17.1 Å². The van der Waals surface area contributed by atoms with Crippen LogP contribution in [0.2, 0.25) is 0 Å². The molecule has 0 atom stereocenters. The van der Waals surface area contributed by atoms with Crippen molar-refractivity contribution in [1.82, 2.24) is 20.2 Å². The van der Waals surface area contributed by atoms with Gasteiger partial charge in [-0.15, -0.1) is 0 Å². The van der Waals surface area contributed by atoms with Gasteiger partial charge in [0.25, 0.3) is 11.8 Å². The van der Waals surface area contributed by atoms with Crippen molar-refractivity contribution in [2.24, 2.45) is 10.7 Å². The van der Waals surface area contributed by atoms with E-state index in [0.717, 1.165) is 0 Å². The van der Waals surface area contributed by atoms with E-state index in [1.54, 1.807) is 22.8 Å². The number of nitrogens with two attached hydrogens (primary N) is 1. The molecule has 0 aliphatic heterocycles. The van der Waals surface area contributed by atoms with E-state index in [4.69, 9.17) is 5.73 Å². The van der Waals surface area contributed by atoms with E-state index >= 15 is 0 Å². The minimum Gasteiger partial charge on any atom is -0.382 e. The summed E-state index contributed by atoms with van der Waals surface area (Å²) in [5, 5.41) is 5.25. The lowest BCUT2D eigenvalue weighted by atomic mass is 10.2. The number of nitrogens with one attached hydrogen (secondary N) is 2. The standard InChI is InChI=1S/C16H18N6O2/c1-18-10-12(14(19-2)15(17)23)21-16(24)11-6-5-7-13(20-11)22-8-3-4-9-22/h3-10,19H,1-2H3,(H2,17,23)(H,21,24). The molecule has 0 bridgehead atoms. The second-order valence-electron chi connectivity index (χ2n) is 4.72. The van der Waals surface area contributed by atoms with Gasteiger partial charge in [0.2, 0.25) is 0 Å². The molecule has 8 heteroatoms. The Labute approximate surface area is 139 Å². The Hall–Kier alpha value is -3.42. The molecule has 24 heavy (non-hydrogen) atoms. The first-order valence-electron chi connectivity index (χ1n) is 7.12. The Morgan fingerprint density at radius 3 is 2.54 bits per heavy atom. The number of rotatable bonds is 6. The van der Waals surface area contributed by atoms with Crippen molar-refractivity contribution in [1.29, 1.82) is 0 Å². The van der Waals surface area contributed by atoms with Crippen molar-refractivity contribution < 1.29 is 9.59 Å². The number of hydrogen-bond donors (Lipinski definition) is 3. The van der Waals surface area contributed by atoms with Crippen LogP contribution < -0.4 is 16.4 Å². The number of amides is 2. The molecule has 2 aromatic rings. The van der Waals surface area contributed by atoms with Gasteiger partial charge in [0.1, 0.15) is 17.2 Å². The van der Waals surface area contributed by atoms with Crippen molar-refractivity contribution in [2.75, 3.05) is 14.1 Å². The number of allylic oxidation sites excluding steroid dienone is 1. The Morgan fingerprint density at radius 2 is 1.96 bits per heavy atom. The van der Waals surface area contributed by atoms with Gasteiger partial charge in [0.15, 0.2) is 0 Å². The van der Waals surface area contributed by atoms with E-state index in [9.17, 15) is 9.59 Å². The van der Waals surface area contributed by atoms with Gasteiger partial charge in [0.05, 0.1) is 5.70 Å². The van der Waals surface area contributed by atoms with Crippen LogP contribution in [0.3, 0.4) is 0 Å². The van der Waals surface area contributed by atoms with Crippen LogP contribution in [-0.4, -0.2) is 41.7 Å². The molecule has 2 rings (SSSR count). The molecule has 2 heterocycles. The lowest BCUT2D eigenvalue weighted by molar-refractivity contribution is -0.114. The molecular formula is C16H18N6O2. The van der Waals surface area contributed by atoms with Crippen LogP contribution in [0.4, 0.5) is 0 Å². The van der Waals surface area contributed by atoms with Crippen molar-refractivity contribution in [3.63, 3.8) is 0 Å². The average Bonchev–Trinajstić information content (AvgIpc) is 3.10. The third-order valence-electron chi connectivity index (χ3n) is 3.11. The minimum atomic E-state index is -0.707. The summed E-state index contributed by atoms with van der Waals surface area (Å²) < 4.78 is 1.78. The number of hydrogen-bond acceptors (Lipinski definition) is 5. The van der Waals surface area contributed by atoms with Gasteiger partial charge in [-0.2, -0.15) is 0 Å². The van der Waals surface area contributed by atoms with Gasteiger partial charge in [-0.25, -0.2) is 4.98 Å². The molecule has 8 nitrogen and oxygen atoms in total. The van der Waals surface area contributed by atoms with Gasteiger partial charge in [0, 0.05) is 32.7 Å². The normalized spacial score (nSPS) is 11.9. The Balaban J connectivity index is 2.31. The summed E-state index contributed by atoms with van der Waals surface area (Å²) in [4.78, 5) is 32.0. The molecule has 0 fully saturated rings. The minimum absolute atomic E-state index is 0.0514. The van der Waals surface area contributed by atoms with Gasteiger partial charge in [-0.3, -0.25) is 14.6 Å². The SMILES string of the molecule is CN=CC(NC(=O)c1cccc(-n2cccc2)n1)=C(NC)C(N)=O. The highest BCUT2D eigenvalue weighted by Crippen LogP contribution is 2.07. The van der Waals surface area contributed by atoms with Gasteiger partial charge in [-0.1, -0.05) is 6.07 Å². The lowest BCUT2D eigenvalue weighted by Crippen LogP contribution is -2.33.